The number of nitrogens with zero attached hydrogens (tertiary/aromatic N) is 1. The highest BCUT2D eigenvalue weighted by Crippen LogP contribution is 2.33. The molecule has 2 aromatic carbocycles. The minimum atomic E-state index is -1.17. The lowest BCUT2D eigenvalue weighted by Gasteiger charge is -2.11. The van der Waals surface area contributed by atoms with Gasteiger partial charge in [0.1, 0.15) is 17.4 Å². The van der Waals surface area contributed by atoms with E-state index in [0.29, 0.717) is 0 Å². The highest BCUT2D eigenvalue weighted by atomic mass is 127. The van der Waals surface area contributed by atoms with E-state index in [1.165, 1.54) is 24.3 Å². The van der Waals surface area contributed by atoms with Crippen molar-refractivity contribution in [2.75, 3.05) is 0 Å². The Morgan fingerprint density at radius 2 is 2.00 bits per heavy atom. The summed E-state index contributed by atoms with van der Waals surface area (Å²) < 4.78 is 20.1. The first kappa shape index (κ1) is 15.7. The second-order valence-electron chi connectivity index (χ2n) is 3.90. The van der Waals surface area contributed by atoms with Crippen molar-refractivity contribution in [2.24, 2.45) is 0 Å². The summed E-state index contributed by atoms with van der Waals surface area (Å²) in [5.41, 5.74) is 0.0581. The summed E-state index contributed by atoms with van der Waals surface area (Å²) in [6.07, 6.45) is 0. The summed E-state index contributed by atoms with van der Waals surface area (Å²) in [7, 11) is 0. The van der Waals surface area contributed by atoms with Gasteiger partial charge in [0.25, 0.3) is 0 Å². The van der Waals surface area contributed by atoms with Crippen LogP contribution in [0.3, 0.4) is 0 Å². The first-order valence-electron chi connectivity index (χ1n) is 5.53. The van der Waals surface area contributed by atoms with Crippen molar-refractivity contribution in [3.8, 4) is 17.6 Å². The molecule has 0 radical (unpaired) electrons. The average Bonchev–Trinajstić information content (AvgIpc) is 2.45. The van der Waals surface area contributed by atoms with Gasteiger partial charge >= 0.3 is 5.97 Å². The maximum absolute atomic E-state index is 14.1. The number of carboxylic acid groups (broad SMARTS) is 1. The van der Waals surface area contributed by atoms with Gasteiger partial charge in [0.05, 0.1) is 10.0 Å². The van der Waals surface area contributed by atoms with E-state index in [0.717, 1.165) is 3.57 Å². The van der Waals surface area contributed by atoms with E-state index >= 15 is 0 Å². The minimum Gasteiger partial charge on any atom is -0.478 e. The van der Waals surface area contributed by atoms with E-state index in [1.807, 2.05) is 28.7 Å². The van der Waals surface area contributed by atoms with Gasteiger partial charge < -0.3 is 9.84 Å². The van der Waals surface area contributed by atoms with Crippen LogP contribution in [-0.2, 0) is 0 Å². The number of rotatable bonds is 3. The number of nitriles is 1. The molecule has 106 valence electrons. The van der Waals surface area contributed by atoms with Crippen LogP contribution in [-0.4, -0.2) is 11.1 Å². The number of carboxylic acids is 1. The van der Waals surface area contributed by atoms with E-state index in [1.54, 1.807) is 6.07 Å². The second-order valence-corrected chi connectivity index (χ2v) is 5.94. The smallest absolute Gasteiger partial charge is 0.339 e. The minimum absolute atomic E-state index is 0.0233. The summed E-state index contributed by atoms with van der Waals surface area (Å²) in [5, 5.41) is 17.9. The van der Waals surface area contributed by atoms with E-state index in [9.17, 15) is 9.18 Å². The van der Waals surface area contributed by atoms with E-state index < -0.39 is 11.8 Å². The first-order valence-corrected chi connectivity index (χ1v) is 7.40. The largest absolute Gasteiger partial charge is 0.478 e. The molecule has 2 rings (SSSR count). The van der Waals surface area contributed by atoms with Gasteiger partial charge in [-0.15, -0.1) is 0 Å². The zero-order valence-electron chi connectivity index (χ0n) is 10.2. The number of hydrogen-bond acceptors (Lipinski definition) is 3. The number of carbonyl (C=O) groups is 1. The highest BCUT2D eigenvalue weighted by Gasteiger charge is 2.17. The van der Waals surface area contributed by atoms with Gasteiger partial charge in [0.2, 0.25) is 0 Å². The molecule has 2 aromatic rings. The third-order valence-electron chi connectivity index (χ3n) is 2.56. The van der Waals surface area contributed by atoms with Crippen molar-refractivity contribution < 1.29 is 19.0 Å². The van der Waals surface area contributed by atoms with Crippen molar-refractivity contribution in [1.29, 1.82) is 5.26 Å². The summed E-state index contributed by atoms with van der Waals surface area (Å²) >= 11 is 4.94. The molecule has 0 fully saturated rings. The Labute approximate surface area is 141 Å². The van der Waals surface area contributed by atoms with Crippen LogP contribution in [0.5, 0.6) is 11.5 Å². The van der Waals surface area contributed by atoms with Crippen LogP contribution in [0.4, 0.5) is 4.39 Å². The van der Waals surface area contributed by atoms with Gasteiger partial charge in [-0.1, -0.05) is 0 Å². The quantitative estimate of drug-likeness (QED) is 0.680. The molecule has 0 spiro atoms. The molecule has 0 heterocycles. The van der Waals surface area contributed by atoms with Gasteiger partial charge in [0, 0.05) is 3.57 Å². The van der Waals surface area contributed by atoms with Gasteiger partial charge in [-0.2, -0.15) is 5.26 Å². The molecule has 0 bridgehead atoms. The molecular formula is C14H6BrFINO3. The summed E-state index contributed by atoms with van der Waals surface area (Å²) in [6, 6.07) is 9.02. The van der Waals surface area contributed by atoms with Crippen LogP contribution in [0.15, 0.2) is 34.8 Å². The summed E-state index contributed by atoms with van der Waals surface area (Å²) in [4.78, 5) is 11.2. The zero-order valence-corrected chi connectivity index (χ0v) is 14.0. The van der Waals surface area contributed by atoms with Crippen LogP contribution < -0.4 is 4.74 Å². The van der Waals surface area contributed by atoms with Crippen molar-refractivity contribution in [3.05, 3.63) is 55.3 Å². The molecule has 0 saturated carbocycles. The Balaban J connectivity index is 2.47. The molecule has 0 saturated heterocycles. The van der Waals surface area contributed by atoms with Crippen molar-refractivity contribution >= 4 is 44.5 Å². The fourth-order valence-corrected chi connectivity index (χ4v) is 2.48. The van der Waals surface area contributed by atoms with Gasteiger partial charge in [-0.25, -0.2) is 9.18 Å². The second kappa shape index (κ2) is 6.41. The Bertz CT molecular complexity index is 774. The Morgan fingerprint density at radius 1 is 1.33 bits per heavy atom. The lowest BCUT2D eigenvalue weighted by atomic mass is 10.2. The highest BCUT2D eigenvalue weighted by molar-refractivity contribution is 14.1. The predicted octanol–water partition coefficient (Wildman–Crippen LogP) is 4.55. The maximum Gasteiger partial charge on any atom is 0.339 e. The molecule has 0 aliphatic carbocycles. The van der Waals surface area contributed by atoms with Crippen molar-refractivity contribution in [3.63, 3.8) is 0 Å². The van der Waals surface area contributed by atoms with Gasteiger partial charge in [0.15, 0.2) is 11.6 Å². The fourth-order valence-electron chi connectivity index (χ4n) is 1.57. The lowest BCUT2D eigenvalue weighted by molar-refractivity contribution is 0.0694. The van der Waals surface area contributed by atoms with E-state index in [4.69, 9.17) is 15.1 Å². The predicted molar refractivity (Wildman–Crippen MR) is 85.0 cm³/mol. The molecule has 0 aromatic heterocycles. The Morgan fingerprint density at radius 3 is 2.62 bits per heavy atom. The molecule has 4 nitrogen and oxygen atoms in total. The molecule has 1 N–H and O–H groups in total. The van der Waals surface area contributed by atoms with Crippen LogP contribution in [0, 0.1) is 20.7 Å². The van der Waals surface area contributed by atoms with Crippen molar-refractivity contribution in [1.82, 2.24) is 0 Å². The Hall–Kier alpha value is -1.66. The van der Waals surface area contributed by atoms with Crippen molar-refractivity contribution in [2.45, 2.75) is 0 Å². The van der Waals surface area contributed by atoms with E-state index in [2.05, 4.69) is 15.9 Å². The maximum atomic E-state index is 14.1. The summed E-state index contributed by atoms with van der Waals surface area (Å²) in [6.45, 7) is 0. The molecule has 0 amide bonds. The third-order valence-corrected chi connectivity index (χ3v) is 4.01. The Kier molecular flexibility index (Phi) is 4.80. The van der Waals surface area contributed by atoms with Gasteiger partial charge in [-0.3, -0.25) is 0 Å². The molecule has 0 unspecified atom stereocenters. The third kappa shape index (κ3) is 3.33. The lowest BCUT2D eigenvalue weighted by Crippen LogP contribution is -2.01. The topological polar surface area (TPSA) is 70.3 Å². The van der Waals surface area contributed by atoms with Gasteiger partial charge in [-0.05, 0) is 68.9 Å². The zero-order chi connectivity index (χ0) is 15.6. The number of hydrogen-bond donors (Lipinski definition) is 1. The molecule has 0 aliphatic heterocycles. The van der Waals surface area contributed by atoms with Crippen LogP contribution in [0.25, 0.3) is 0 Å². The normalized spacial score (nSPS) is 10.0. The molecule has 0 aliphatic rings. The average molecular weight is 462 g/mol. The number of benzene rings is 2. The number of aromatic carboxylic acids is 1. The summed E-state index contributed by atoms with van der Waals surface area (Å²) in [5.74, 6) is -2.07. The number of halogens is 3. The van der Waals surface area contributed by atoms with Crippen LogP contribution in [0.1, 0.15) is 15.9 Å². The van der Waals surface area contributed by atoms with Crippen LogP contribution in [0.2, 0.25) is 0 Å². The fraction of sp³-hybridized carbons (Fsp3) is 0. The molecule has 7 heteroatoms. The molecule has 21 heavy (non-hydrogen) atoms. The monoisotopic (exact) mass is 461 g/mol. The van der Waals surface area contributed by atoms with Crippen LogP contribution >= 0.6 is 38.5 Å². The van der Waals surface area contributed by atoms with E-state index in [-0.39, 0.29) is 27.1 Å². The SMILES string of the molecule is N#Cc1ccc(Oc2ccc(I)cc2C(=O)O)c(F)c1Br. The first-order chi connectivity index (χ1) is 9.93. The molecular weight excluding hydrogens is 456 g/mol. The number of ether oxygens (including phenoxy) is 1. The molecule has 0 atom stereocenters. The standard InChI is InChI=1S/C14H6BrFINO3/c15-12-7(6-18)1-3-11(13(12)16)21-10-4-2-8(17)5-9(10)14(19)20/h1-5H,(H,19,20).